The molecule has 1 atom stereocenters. The van der Waals surface area contributed by atoms with Crippen LogP contribution in [-0.4, -0.2) is 70.7 Å². The van der Waals surface area contributed by atoms with Gasteiger partial charge in [0.05, 0.1) is 18.9 Å². The van der Waals surface area contributed by atoms with E-state index in [0.29, 0.717) is 12.1 Å². The third kappa shape index (κ3) is 4.33. The quantitative estimate of drug-likeness (QED) is 0.851. The highest BCUT2D eigenvalue weighted by Crippen LogP contribution is 2.20. The number of pyridine rings is 1. The minimum atomic E-state index is 0.0205. The number of nitrogens with zero attached hydrogens (tertiary/aromatic N) is 3. The molecule has 6 nitrogen and oxygen atoms in total. The van der Waals surface area contributed by atoms with Crippen molar-refractivity contribution in [3.05, 3.63) is 30.1 Å². The van der Waals surface area contributed by atoms with E-state index in [4.69, 9.17) is 4.74 Å². The Kier molecular flexibility index (Phi) is 5.48. The normalized spacial score (nSPS) is 23.7. The van der Waals surface area contributed by atoms with Gasteiger partial charge in [-0.25, -0.2) is 0 Å². The molecule has 2 fully saturated rings. The highest BCUT2D eigenvalue weighted by molar-refractivity contribution is 5.91. The van der Waals surface area contributed by atoms with Crippen molar-refractivity contribution in [2.75, 3.05) is 32.8 Å². The number of rotatable bonds is 3. The molecule has 130 valence electrons. The number of morpholine rings is 1. The Morgan fingerprint density at radius 2 is 2.12 bits per heavy atom. The minimum absolute atomic E-state index is 0.0205. The van der Waals surface area contributed by atoms with Crippen LogP contribution in [0, 0.1) is 0 Å². The van der Waals surface area contributed by atoms with E-state index in [1.54, 1.807) is 24.4 Å². The van der Waals surface area contributed by atoms with Crippen LogP contribution in [0.3, 0.4) is 0 Å². The molecule has 1 amide bonds. The third-order valence-electron chi connectivity index (χ3n) is 4.73. The summed E-state index contributed by atoms with van der Waals surface area (Å²) in [5.74, 6) is 0.122. The molecule has 24 heavy (non-hydrogen) atoms. The second kappa shape index (κ2) is 7.77. The predicted octanol–water partition coefficient (Wildman–Crippen LogP) is 1.51. The molecule has 0 saturated carbocycles. The summed E-state index contributed by atoms with van der Waals surface area (Å²) in [6.07, 6.45) is 8.58. The average molecular weight is 331 g/mol. The molecular weight excluding hydrogens is 306 g/mol. The Balaban J connectivity index is 1.50. The van der Waals surface area contributed by atoms with Crippen molar-refractivity contribution in [3.8, 4) is 5.75 Å². The Morgan fingerprint density at radius 3 is 2.83 bits per heavy atom. The van der Waals surface area contributed by atoms with Crippen LogP contribution in [0.4, 0.5) is 0 Å². The molecule has 0 bridgehead atoms. The van der Waals surface area contributed by atoms with Gasteiger partial charge in [0.25, 0.3) is 0 Å². The molecule has 2 aliphatic rings. The lowest BCUT2D eigenvalue weighted by atomic mass is 10.0. The maximum Gasteiger partial charge on any atom is 0.246 e. The molecule has 3 rings (SSSR count). The van der Waals surface area contributed by atoms with Gasteiger partial charge in [-0.05, 0) is 37.5 Å². The number of piperidine rings is 1. The standard InChI is InChI=1S/C18H25N3O3/c1-14-13-21(8-9-24-14)16-4-6-20(7-5-16)18(23)3-2-15-10-17(22)12-19-11-15/h2-3,10-12,14,16,22H,4-9,13H2,1H3/b3-2+. The van der Waals surface area contributed by atoms with Gasteiger partial charge in [0, 0.05) is 44.5 Å². The number of aromatic nitrogens is 1. The van der Waals surface area contributed by atoms with Crippen LogP contribution >= 0.6 is 0 Å². The van der Waals surface area contributed by atoms with Gasteiger partial charge >= 0.3 is 0 Å². The zero-order valence-electron chi connectivity index (χ0n) is 14.1. The molecule has 0 aromatic carbocycles. The first kappa shape index (κ1) is 16.9. The molecule has 2 saturated heterocycles. The zero-order valence-corrected chi connectivity index (χ0v) is 14.1. The lowest BCUT2D eigenvalue weighted by molar-refractivity contribution is -0.128. The molecule has 1 aromatic rings. The number of hydrogen-bond acceptors (Lipinski definition) is 5. The van der Waals surface area contributed by atoms with E-state index in [1.807, 2.05) is 4.90 Å². The van der Waals surface area contributed by atoms with Crippen molar-refractivity contribution in [3.63, 3.8) is 0 Å². The second-order valence-electron chi connectivity index (χ2n) is 6.54. The zero-order chi connectivity index (χ0) is 16.9. The Bertz CT molecular complexity index is 597. The van der Waals surface area contributed by atoms with Crippen LogP contribution < -0.4 is 0 Å². The molecule has 1 unspecified atom stereocenters. The number of aromatic hydroxyl groups is 1. The van der Waals surface area contributed by atoms with E-state index in [2.05, 4.69) is 16.8 Å². The van der Waals surface area contributed by atoms with Gasteiger partial charge in [-0.3, -0.25) is 14.7 Å². The van der Waals surface area contributed by atoms with E-state index in [-0.39, 0.29) is 11.7 Å². The number of hydrogen-bond donors (Lipinski definition) is 1. The highest BCUT2D eigenvalue weighted by Gasteiger charge is 2.28. The minimum Gasteiger partial charge on any atom is -0.506 e. The number of carbonyl (C=O) groups is 1. The summed E-state index contributed by atoms with van der Waals surface area (Å²) in [5, 5.41) is 9.39. The van der Waals surface area contributed by atoms with Crippen LogP contribution in [0.15, 0.2) is 24.5 Å². The first-order valence-electron chi connectivity index (χ1n) is 8.58. The Labute approximate surface area is 142 Å². The number of ether oxygens (including phenoxy) is 1. The van der Waals surface area contributed by atoms with Gasteiger partial charge in [0.2, 0.25) is 5.91 Å². The smallest absolute Gasteiger partial charge is 0.246 e. The summed E-state index contributed by atoms with van der Waals surface area (Å²) >= 11 is 0. The summed E-state index contributed by atoms with van der Waals surface area (Å²) in [7, 11) is 0. The van der Waals surface area contributed by atoms with Gasteiger partial charge in [-0.2, -0.15) is 0 Å². The monoisotopic (exact) mass is 331 g/mol. The van der Waals surface area contributed by atoms with E-state index in [0.717, 1.165) is 51.2 Å². The Hall–Kier alpha value is -1.92. The van der Waals surface area contributed by atoms with Gasteiger partial charge < -0.3 is 14.7 Å². The summed E-state index contributed by atoms with van der Waals surface area (Å²) in [6.45, 7) is 6.49. The molecule has 0 aliphatic carbocycles. The number of amides is 1. The van der Waals surface area contributed by atoms with E-state index in [1.165, 1.54) is 6.20 Å². The molecule has 0 spiro atoms. The van der Waals surface area contributed by atoms with E-state index < -0.39 is 0 Å². The molecule has 1 N–H and O–H groups in total. The molecule has 1 aromatic heterocycles. The topological polar surface area (TPSA) is 65.9 Å². The molecule has 6 heteroatoms. The maximum absolute atomic E-state index is 12.3. The third-order valence-corrected chi connectivity index (χ3v) is 4.73. The first-order chi connectivity index (χ1) is 11.6. The lowest BCUT2D eigenvalue weighted by Crippen LogP contribution is -2.51. The fourth-order valence-electron chi connectivity index (χ4n) is 3.44. The van der Waals surface area contributed by atoms with Crippen molar-refractivity contribution in [2.45, 2.75) is 31.9 Å². The second-order valence-corrected chi connectivity index (χ2v) is 6.54. The summed E-state index contributed by atoms with van der Waals surface area (Å²) < 4.78 is 5.60. The Morgan fingerprint density at radius 1 is 1.33 bits per heavy atom. The van der Waals surface area contributed by atoms with E-state index in [9.17, 15) is 9.90 Å². The lowest BCUT2D eigenvalue weighted by Gasteiger charge is -2.41. The predicted molar refractivity (Wildman–Crippen MR) is 91.5 cm³/mol. The van der Waals surface area contributed by atoms with Crippen LogP contribution in [0.25, 0.3) is 6.08 Å². The molecule has 3 heterocycles. The van der Waals surface area contributed by atoms with Crippen molar-refractivity contribution in [1.29, 1.82) is 0 Å². The fraction of sp³-hybridized carbons (Fsp3) is 0.556. The largest absolute Gasteiger partial charge is 0.506 e. The van der Waals surface area contributed by atoms with Crippen molar-refractivity contribution in [1.82, 2.24) is 14.8 Å². The van der Waals surface area contributed by atoms with Gasteiger partial charge in [0.15, 0.2) is 0 Å². The van der Waals surface area contributed by atoms with E-state index >= 15 is 0 Å². The van der Waals surface area contributed by atoms with Crippen molar-refractivity contribution in [2.24, 2.45) is 0 Å². The number of likely N-dealkylation sites (tertiary alicyclic amines) is 1. The molecule has 0 radical (unpaired) electrons. The van der Waals surface area contributed by atoms with Gasteiger partial charge in [0.1, 0.15) is 5.75 Å². The number of carbonyl (C=O) groups excluding carboxylic acids is 1. The first-order valence-corrected chi connectivity index (χ1v) is 8.58. The van der Waals surface area contributed by atoms with Crippen LogP contribution in [-0.2, 0) is 9.53 Å². The summed E-state index contributed by atoms with van der Waals surface area (Å²) in [4.78, 5) is 20.6. The van der Waals surface area contributed by atoms with Gasteiger partial charge in [-0.1, -0.05) is 0 Å². The van der Waals surface area contributed by atoms with Crippen LogP contribution in [0.5, 0.6) is 5.75 Å². The molecular formula is C18H25N3O3. The fourth-order valence-corrected chi connectivity index (χ4v) is 3.44. The van der Waals surface area contributed by atoms with Crippen molar-refractivity contribution >= 4 is 12.0 Å². The van der Waals surface area contributed by atoms with Crippen molar-refractivity contribution < 1.29 is 14.6 Å². The highest BCUT2D eigenvalue weighted by atomic mass is 16.5. The SMILES string of the molecule is CC1CN(C2CCN(C(=O)/C=C/c3cncc(O)c3)CC2)CCO1. The van der Waals surface area contributed by atoms with Gasteiger partial charge in [-0.15, -0.1) is 0 Å². The summed E-state index contributed by atoms with van der Waals surface area (Å²) in [6, 6.07) is 2.14. The molecule has 2 aliphatic heterocycles. The maximum atomic E-state index is 12.3. The van der Waals surface area contributed by atoms with Crippen LogP contribution in [0.1, 0.15) is 25.3 Å². The van der Waals surface area contributed by atoms with Crippen LogP contribution in [0.2, 0.25) is 0 Å². The summed E-state index contributed by atoms with van der Waals surface area (Å²) in [5.41, 5.74) is 0.723. The average Bonchev–Trinajstić information content (AvgIpc) is 2.60.